The number of benzene rings is 2. The lowest BCUT2D eigenvalue weighted by Crippen LogP contribution is -2.09. The highest BCUT2D eigenvalue weighted by Crippen LogP contribution is 2.25. The summed E-state index contributed by atoms with van der Waals surface area (Å²) in [6, 6.07) is 19.1. The molecule has 23 heavy (non-hydrogen) atoms. The standard InChI is InChI=1S/C18H16N2O3/c1-2-22-18(21)23-15-10-8-14(9-11-15)17-12-16(19-20-17)13-6-4-3-5-7-13/h3-12H,2H2,1H3,(H,19,20). The maximum absolute atomic E-state index is 11.3. The van der Waals surface area contributed by atoms with E-state index < -0.39 is 6.16 Å². The number of aromatic nitrogens is 2. The molecule has 0 saturated heterocycles. The van der Waals surface area contributed by atoms with Crippen LogP contribution in [0.2, 0.25) is 0 Å². The molecule has 0 radical (unpaired) electrons. The number of ether oxygens (including phenoxy) is 2. The van der Waals surface area contributed by atoms with Gasteiger partial charge >= 0.3 is 6.16 Å². The molecular weight excluding hydrogens is 292 g/mol. The fourth-order valence-electron chi connectivity index (χ4n) is 2.17. The molecule has 0 aliphatic rings. The summed E-state index contributed by atoms with van der Waals surface area (Å²) in [6.07, 6.45) is -0.701. The van der Waals surface area contributed by atoms with Crippen molar-refractivity contribution in [3.05, 3.63) is 60.7 Å². The monoisotopic (exact) mass is 308 g/mol. The molecule has 5 nitrogen and oxygen atoms in total. The fourth-order valence-corrected chi connectivity index (χ4v) is 2.17. The lowest BCUT2D eigenvalue weighted by molar-refractivity contribution is 0.104. The van der Waals surface area contributed by atoms with Gasteiger partial charge in [-0.1, -0.05) is 30.3 Å². The summed E-state index contributed by atoms with van der Waals surface area (Å²) in [6.45, 7) is 2.01. The number of hydrogen-bond donors (Lipinski definition) is 1. The highest BCUT2D eigenvalue weighted by Gasteiger charge is 2.08. The van der Waals surface area contributed by atoms with Crippen LogP contribution in [0.5, 0.6) is 5.75 Å². The van der Waals surface area contributed by atoms with Gasteiger partial charge in [0.25, 0.3) is 0 Å². The van der Waals surface area contributed by atoms with Crippen molar-refractivity contribution in [1.29, 1.82) is 0 Å². The Morgan fingerprint density at radius 1 is 1.04 bits per heavy atom. The van der Waals surface area contributed by atoms with Crippen LogP contribution in [0.25, 0.3) is 22.5 Å². The third-order valence-corrected chi connectivity index (χ3v) is 3.28. The van der Waals surface area contributed by atoms with Crippen molar-refractivity contribution >= 4 is 6.16 Å². The van der Waals surface area contributed by atoms with Gasteiger partial charge in [0.15, 0.2) is 0 Å². The predicted octanol–water partition coefficient (Wildman–Crippen LogP) is 4.28. The molecule has 1 aromatic heterocycles. The molecule has 3 rings (SSSR count). The summed E-state index contributed by atoms with van der Waals surface area (Å²) in [7, 11) is 0. The quantitative estimate of drug-likeness (QED) is 0.577. The van der Waals surface area contributed by atoms with Gasteiger partial charge in [0, 0.05) is 5.56 Å². The summed E-state index contributed by atoms with van der Waals surface area (Å²) in [5.41, 5.74) is 3.78. The van der Waals surface area contributed by atoms with E-state index in [2.05, 4.69) is 10.2 Å². The van der Waals surface area contributed by atoms with Crippen LogP contribution < -0.4 is 4.74 Å². The van der Waals surface area contributed by atoms with Gasteiger partial charge in [-0.2, -0.15) is 5.10 Å². The Morgan fingerprint density at radius 2 is 1.78 bits per heavy atom. The van der Waals surface area contributed by atoms with E-state index in [-0.39, 0.29) is 6.61 Å². The van der Waals surface area contributed by atoms with Crippen LogP contribution in [-0.4, -0.2) is 23.0 Å². The summed E-state index contributed by atoms with van der Waals surface area (Å²) in [4.78, 5) is 11.3. The molecule has 0 atom stereocenters. The number of nitrogens with one attached hydrogen (secondary N) is 1. The van der Waals surface area contributed by atoms with Gasteiger partial charge in [-0.25, -0.2) is 4.79 Å². The first-order chi connectivity index (χ1) is 11.3. The highest BCUT2D eigenvalue weighted by molar-refractivity contribution is 5.69. The molecule has 0 amide bonds. The third kappa shape index (κ3) is 3.58. The summed E-state index contributed by atoms with van der Waals surface area (Å²) >= 11 is 0. The topological polar surface area (TPSA) is 64.2 Å². The number of carbonyl (C=O) groups excluding carboxylic acids is 1. The number of H-pyrrole nitrogens is 1. The molecule has 0 spiro atoms. The predicted molar refractivity (Wildman–Crippen MR) is 87.1 cm³/mol. The largest absolute Gasteiger partial charge is 0.513 e. The summed E-state index contributed by atoms with van der Waals surface area (Å²) in [5.74, 6) is 0.440. The first-order valence-electron chi connectivity index (χ1n) is 7.32. The minimum atomic E-state index is -0.701. The Labute approximate surface area is 133 Å². The Morgan fingerprint density at radius 3 is 2.48 bits per heavy atom. The zero-order valence-corrected chi connectivity index (χ0v) is 12.7. The average molecular weight is 308 g/mol. The van der Waals surface area contributed by atoms with Gasteiger partial charge in [0.2, 0.25) is 0 Å². The maximum Gasteiger partial charge on any atom is 0.513 e. The lowest BCUT2D eigenvalue weighted by atomic mass is 10.1. The number of carbonyl (C=O) groups is 1. The Hall–Kier alpha value is -3.08. The molecule has 0 unspecified atom stereocenters. The zero-order chi connectivity index (χ0) is 16.1. The van der Waals surface area contributed by atoms with Crippen molar-refractivity contribution in [2.45, 2.75) is 6.92 Å². The van der Waals surface area contributed by atoms with Crippen molar-refractivity contribution in [2.24, 2.45) is 0 Å². The van der Waals surface area contributed by atoms with Crippen LogP contribution in [-0.2, 0) is 4.74 Å². The van der Waals surface area contributed by atoms with E-state index in [0.29, 0.717) is 5.75 Å². The molecule has 5 heteroatoms. The number of rotatable bonds is 4. The van der Waals surface area contributed by atoms with Gasteiger partial charge in [-0.15, -0.1) is 0 Å². The van der Waals surface area contributed by atoms with Crippen LogP contribution in [0.3, 0.4) is 0 Å². The van der Waals surface area contributed by atoms with Crippen molar-refractivity contribution in [1.82, 2.24) is 10.2 Å². The van der Waals surface area contributed by atoms with E-state index in [4.69, 9.17) is 9.47 Å². The average Bonchev–Trinajstić information content (AvgIpc) is 3.07. The van der Waals surface area contributed by atoms with E-state index in [1.807, 2.05) is 48.5 Å². The number of hydrogen-bond acceptors (Lipinski definition) is 4. The smallest absolute Gasteiger partial charge is 0.434 e. The third-order valence-electron chi connectivity index (χ3n) is 3.28. The minimum absolute atomic E-state index is 0.285. The molecular formula is C18H16N2O3. The normalized spacial score (nSPS) is 10.3. The molecule has 0 saturated carbocycles. The zero-order valence-electron chi connectivity index (χ0n) is 12.7. The number of aromatic amines is 1. The summed E-state index contributed by atoms with van der Waals surface area (Å²) < 4.78 is 9.77. The Bertz CT molecular complexity index is 780. The molecule has 0 bridgehead atoms. The summed E-state index contributed by atoms with van der Waals surface area (Å²) in [5, 5.41) is 7.35. The van der Waals surface area contributed by atoms with Crippen molar-refractivity contribution in [3.63, 3.8) is 0 Å². The maximum atomic E-state index is 11.3. The molecule has 0 aliphatic heterocycles. The Balaban J connectivity index is 1.75. The first kappa shape index (κ1) is 14.8. The van der Waals surface area contributed by atoms with Gasteiger partial charge in [-0.3, -0.25) is 5.10 Å². The van der Waals surface area contributed by atoms with Crippen molar-refractivity contribution < 1.29 is 14.3 Å². The first-order valence-corrected chi connectivity index (χ1v) is 7.32. The van der Waals surface area contributed by atoms with Crippen LogP contribution in [0, 0.1) is 0 Å². The van der Waals surface area contributed by atoms with E-state index in [1.54, 1.807) is 19.1 Å². The van der Waals surface area contributed by atoms with Crippen LogP contribution >= 0.6 is 0 Å². The second-order valence-electron chi connectivity index (χ2n) is 4.84. The van der Waals surface area contributed by atoms with Gasteiger partial charge < -0.3 is 9.47 Å². The van der Waals surface area contributed by atoms with Gasteiger partial charge in [-0.05, 0) is 42.8 Å². The molecule has 0 aliphatic carbocycles. The van der Waals surface area contributed by atoms with Crippen LogP contribution in [0.4, 0.5) is 4.79 Å². The lowest BCUT2D eigenvalue weighted by Gasteiger charge is -2.04. The molecule has 1 heterocycles. The van der Waals surface area contributed by atoms with E-state index in [1.165, 1.54) is 0 Å². The van der Waals surface area contributed by atoms with Gasteiger partial charge in [0.05, 0.1) is 18.0 Å². The fraction of sp³-hybridized carbons (Fsp3) is 0.111. The van der Waals surface area contributed by atoms with Gasteiger partial charge in [0.1, 0.15) is 5.75 Å². The van der Waals surface area contributed by atoms with E-state index in [9.17, 15) is 4.79 Å². The molecule has 1 N–H and O–H groups in total. The van der Waals surface area contributed by atoms with Crippen molar-refractivity contribution in [2.75, 3.05) is 6.61 Å². The minimum Gasteiger partial charge on any atom is -0.434 e. The van der Waals surface area contributed by atoms with E-state index in [0.717, 1.165) is 22.5 Å². The van der Waals surface area contributed by atoms with Crippen molar-refractivity contribution in [3.8, 4) is 28.3 Å². The molecule has 116 valence electrons. The second kappa shape index (κ2) is 6.79. The van der Waals surface area contributed by atoms with Crippen LogP contribution in [0.15, 0.2) is 60.7 Å². The van der Waals surface area contributed by atoms with Crippen LogP contribution in [0.1, 0.15) is 6.92 Å². The highest BCUT2D eigenvalue weighted by atomic mass is 16.7. The van der Waals surface area contributed by atoms with E-state index >= 15 is 0 Å². The molecule has 0 fully saturated rings. The second-order valence-corrected chi connectivity index (χ2v) is 4.84. The molecule has 2 aromatic carbocycles. The molecule has 3 aromatic rings. The number of nitrogens with zero attached hydrogens (tertiary/aromatic N) is 1. The SMILES string of the molecule is CCOC(=O)Oc1ccc(-c2cc(-c3ccccc3)n[nH]2)cc1. The Kier molecular flexibility index (Phi) is 4.38.